The lowest BCUT2D eigenvalue weighted by molar-refractivity contribution is -0.426. The van der Waals surface area contributed by atoms with E-state index < -0.39 is 11.3 Å². The summed E-state index contributed by atoms with van der Waals surface area (Å²) in [5.74, 6) is -0.108. The molecule has 4 amide bonds. The molecule has 2 aliphatic heterocycles. The number of urea groups is 1. The normalized spacial score (nSPS) is 18.9. The van der Waals surface area contributed by atoms with E-state index in [9.17, 15) is 14.4 Å². The van der Waals surface area contributed by atoms with E-state index in [2.05, 4.69) is 5.32 Å². The Morgan fingerprint density at radius 2 is 2.00 bits per heavy atom. The van der Waals surface area contributed by atoms with Crippen LogP contribution in [0.5, 0.6) is 0 Å². The van der Waals surface area contributed by atoms with E-state index in [0.29, 0.717) is 29.7 Å². The molecule has 0 aromatic heterocycles. The minimum Gasteiger partial charge on any atom is -0.349 e. The Balaban J connectivity index is 1.70. The molecule has 1 atom stereocenters. The Morgan fingerprint density at radius 1 is 1.29 bits per heavy atom. The van der Waals surface area contributed by atoms with Gasteiger partial charge in [-0.2, -0.15) is 14.3 Å². The van der Waals surface area contributed by atoms with Crippen LogP contribution in [0.4, 0.5) is 4.79 Å². The number of hydrogen-bond acceptors (Lipinski definition) is 4. The van der Waals surface area contributed by atoms with Crippen molar-refractivity contribution in [1.82, 2.24) is 10.2 Å². The summed E-state index contributed by atoms with van der Waals surface area (Å²) in [7, 11) is 0. The fourth-order valence-corrected chi connectivity index (χ4v) is 4.10. The molecular formula is C20H23ClN3O3S+. The highest BCUT2D eigenvalue weighted by atomic mass is 35.5. The van der Waals surface area contributed by atoms with Crippen molar-refractivity contribution < 1.29 is 19.0 Å². The van der Waals surface area contributed by atoms with Gasteiger partial charge in [-0.05, 0) is 41.5 Å². The van der Waals surface area contributed by atoms with Crippen molar-refractivity contribution in [3.05, 3.63) is 46.3 Å². The number of carbonyl (C=O) groups excluding carboxylic acids is 3. The monoisotopic (exact) mass is 420 g/mol. The number of fused-ring (bicyclic) bond motifs is 1. The standard InChI is InChI=1S/C20H22ClN3O3S/c1-13(2)7-9-23-19(26)18-16(8-10-28-18)24(20(23)27)12-17(25)22-11-14-3-5-15(21)6-4-14/h3-6,8,10,13,18H,7,9,11-12H2,1-2H3/p+1. The fourth-order valence-electron chi connectivity index (χ4n) is 3.01. The molecule has 1 aromatic rings. The van der Waals surface area contributed by atoms with E-state index in [1.807, 2.05) is 26.0 Å². The molecule has 0 saturated heterocycles. The van der Waals surface area contributed by atoms with Gasteiger partial charge in [-0.25, -0.2) is 4.79 Å². The predicted molar refractivity (Wildman–Crippen MR) is 111 cm³/mol. The first-order valence-electron chi connectivity index (χ1n) is 9.19. The minimum absolute atomic E-state index is 0.116. The minimum atomic E-state index is -0.450. The Hall–Kier alpha value is -2.12. The maximum Gasteiger partial charge on any atom is 0.501 e. The largest absolute Gasteiger partial charge is 0.501 e. The molecule has 148 valence electrons. The molecule has 2 heterocycles. The highest BCUT2D eigenvalue weighted by molar-refractivity contribution is 8.04. The summed E-state index contributed by atoms with van der Waals surface area (Å²) in [6.45, 7) is 4.68. The van der Waals surface area contributed by atoms with Crippen LogP contribution < -0.4 is 5.32 Å². The van der Waals surface area contributed by atoms with Gasteiger partial charge >= 0.3 is 11.9 Å². The van der Waals surface area contributed by atoms with Crippen LogP contribution in [0.1, 0.15) is 25.8 Å². The summed E-state index contributed by atoms with van der Waals surface area (Å²) in [5.41, 5.74) is 1.50. The average Bonchev–Trinajstić information content (AvgIpc) is 3.14. The van der Waals surface area contributed by atoms with Crippen molar-refractivity contribution in [3.8, 4) is 0 Å². The quantitative estimate of drug-likeness (QED) is 0.688. The number of nitrogens with one attached hydrogen (secondary N) is 1. The predicted octanol–water partition coefficient (Wildman–Crippen LogP) is 3.05. The number of thioether (sulfide) groups is 1. The first-order chi connectivity index (χ1) is 13.4. The van der Waals surface area contributed by atoms with Crippen molar-refractivity contribution in [2.75, 3.05) is 13.1 Å². The summed E-state index contributed by atoms with van der Waals surface area (Å²) in [4.78, 5) is 39.3. The maximum absolute atomic E-state index is 12.9. The zero-order chi connectivity index (χ0) is 20.3. The van der Waals surface area contributed by atoms with Crippen molar-refractivity contribution in [1.29, 1.82) is 0 Å². The molecule has 8 heteroatoms. The molecule has 0 saturated carbocycles. The van der Waals surface area contributed by atoms with Gasteiger partial charge in [-0.15, -0.1) is 11.8 Å². The van der Waals surface area contributed by atoms with Crippen LogP contribution in [0.15, 0.2) is 35.7 Å². The summed E-state index contributed by atoms with van der Waals surface area (Å²) in [5, 5.41) is 4.80. The van der Waals surface area contributed by atoms with E-state index in [-0.39, 0.29) is 18.4 Å². The number of carbonyl (C=O) groups is 3. The van der Waals surface area contributed by atoms with Crippen LogP contribution in [-0.2, 0) is 16.1 Å². The van der Waals surface area contributed by atoms with Gasteiger partial charge in [0.05, 0.1) is 6.54 Å². The average molecular weight is 421 g/mol. The molecule has 1 aromatic carbocycles. The zero-order valence-corrected chi connectivity index (χ0v) is 17.4. The molecule has 1 unspecified atom stereocenters. The lowest BCUT2D eigenvalue weighted by Gasteiger charge is -2.24. The Kier molecular flexibility index (Phi) is 6.57. The summed E-state index contributed by atoms with van der Waals surface area (Å²) in [6, 6.07) is 6.77. The van der Waals surface area contributed by atoms with Gasteiger partial charge in [0.1, 0.15) is 5.71 Å². The second-order valence-electron chi connectivity index (χ2n) is 7.19. The van der Waals surface area contributed by atoms with Crippen LogP contribution in [0, 0.1) is 5.92 Å². The van der Waals surface area contributed by atoms with Gasteiger partial charge in [0.25, 0.3) is 5.91 Å². The Labute approximate surface area is 173 Å². The zero-order valence-electron chi connectivity index (χ0n) is 15.9. The van der Waals surface area contributed by atoms with Gasteiger partial charge in [-0.3, -0.25) is 4.79 Å². The topological polar surface area (TPSA) is 69.5 Å². The van der Waals surface area contributed by atoms with Crippen LogP contribution in [-0.4, -0.2) is 51.4 Å². The molecule has 0 spiro atoms. The van der Waals surface area contributed by atoms with Crippen molar-refractivity contribution in [2.45, 2.75) is 32.1 Å². The number of halogens is 1. The summed E-state index contributed by atoms with van der Waals surface area (Å²) < 4.78 is 1.42. The van der Waals surface area contributed by atoms with Crippen LogP contribution in [0.25, 0.3) is 0 Å². The number of imide groups is 1. The molecule has 0 radical (unpaired) electrons. The molecule has 0 fully saturated rings. The van der Waals surface area contributed by atoms with Crippen molar-refractivity contribution >= 4 is 46.9 Å². The van der Waals surface area contributed by atoms with Crippen molar-refractivity contribution in [3.63, 3.8) is 0 Å². The fraction of sp³-hybridized carbons (Fsp3) is 0.400. The van der Waals surface area contributed by atoms with Gasteiger partial charge in [-0.1, -0.05) is 37.6 Å². The van der Waals surface area contributed by atoms with Gasteiger partial charge in [0.2, 0.25) is 0 Å². The van der Waals surface area contributed by atoms with Crippen LogP contribution in [0.2, 0.25) is 5.02 Å². The lowest BCUT2D eigenvalue weighted by atomic mass is 10.1. The number of nitrogens with zero attached hydrogens (tertiary/aromatic N) is 2. The maximum atomic E-state index is 12.9. The van der Waals surface area contributed by atoms with Gasteiger partial charge < -0.3 is 5.32 Å². The summed E-state index contributed by atoms with van der Waals surface area (Å²) >= 11 is 7.24. The highest BCUT2D eigenvalue weighted by Gasteiger charge is 2.49. The molecule has 3 rings (SSSR count). The molecule has 0 aliphatic carbocycles. The molecule has 6 nitrogen and oxygen atoms in total. The van der Waals surface area contributed by atoms with E-state index >= 15 is 0 Å². The van der Waals surface area contributed by atoms with E-state index in [1.54, 1.807) is 23.6 Å². The number of amides is 4. The second kappa shape index (κ2) is 8.92. The van der Waals surface area contributed by atoms with E-state index in [4.69, 9.17) is 11.6 Å². The third-order valence-corrected chi connectivity index (χ3v) is 5.88. The third-order valence-electron chi connectivity index (χ3n) is 4.62. The number of rotatable bonds is 7. The molecule has 2 aliphatic rings. The van der Waals surface area contributed by atoms with Gasteiger partial charge in [0, 0.05) is 11.6 Å². The Bertz CT molecular complexity index is 849. The number of allylic oxidation sites excluding steroid dienone is 1. The number of hydrogen-bond donors (Lipinski definition) is 1. The SMILES string of the molecule is CC(C)CCN1C(=O)C2SC=CC2=[N+](CC(=O)NCc2ccc(Cl)cc2)C1=O. The Morgan fingerprint density at radius 3 is 2.68 bits per heavy atom. The van der Waals surface area contributed by atoms with E-state index in [1.165, 1.54) is 21.2 Å². The van der Waals surface area contributed by atoms with Gasteiger partial charge in [0.15, 0.2) is 11.8 Å². The first kappa shape index (κ1) is 20.6. The molecular weight excluding hydrogens is 398 g/mol. The highest BCUT2D eigenvalue weighted by Crippen LogP contribution is 2.28. The summed E-state index contributed by atoms with van der Waals surface area (Å²) in [6.07, 6.45) is 2.48. The lowest BCUT2D eigenvalue weighted by Crippen LogP contribution is -2.56. The molecule has 28 heavy (non-hydrogen) atoms. The second-order valence-corrected chi connectivity index (χ2v) is 8.64. The first-order valence-corrected chi connectivity index (χ1v) is 10.5. The van der Waals surface area contributed by atoms with Crippen molar-refractivity contribution in [2.24, 2.45) is 5.92 Å². The smallest absolute Gasteiger partial charge is 0.349 e. The molecule has 1 N–H and O–H groups in total. The molecule has 0 bridgehead atoms. The number of benzene rings is 1. The van der Waals surface area contributed by atoms with Crippen LogP contribution in [0.3, 0.4) is 0 Å². The van der Waals surface area contributed by atoms with Crippen LogP contribution >= 0.6 is 23.4 Å². The third kappa shape index (κ3) is 4.64. The van der Waals surface area contributed by atoms with E-state index in [0.717, 1.165) is 12.0 Å².